The van der Waals surface area contributed by atoms with Crippen molar-refractivity contribution in [1.29, 1.82) is 0 Å². The highest BCUT2D eigenvalue weighted by atomic mass is 32.2. The molecule has 2 rings (SSSR count). The monoisotopic (exact) mass is 245 g/mol. The second-order valence-electron chi connectivity index (χ2n) is 2.48. The number of thioether (sulfide) groups is 1. The first-order valence-corrected chi connectivity index (χ1v) is 6.33. The fraction of sp³-hybridized carbons (Fsp3) is 0.333. The Hall–Kier alpha value is -0.730. The summed E-state index contributed by atoms with van der Waals surface area (Å²) in [6.07, 6.45) is 0. The van der Waals surface area contributed by atoms with Crippen LogP contribution >= 0.6 is 34.6 Å². The molecular weight excluding hydrogens is 238 g/mol. The maximum atomic E-state index is 5.47. The molecule has 0 amide bonds. The van der Waals surface area contributed by atoms with Gasteiger partial charge in [0.2, 0.25) is 5.13 Å². The third kappa shape index (κ3) is 2.20. The fourth-order valence-corrected chi connectivity index (χ4v) is 3.18. The summed E-state index contributed by atoms with van der Waals surface area (Å²) in [5, 5.41) is 12.1. The molecule has 0 saturated heterocycles. The van der Waals surface area contributed by atoms with Gasteiger partial charge in [0.1, 0.15) is 0 Å². The molecule has 0 aromatic carbocycles. The van der Waals surface area contributed by atoms with Crippen LogP contribution in [0.2, 0.25) is 0 Å². The molecular formula is C6H7N5S3. The summed E-state index contributed by atoms with van der Waals surface area (Å²) in [6, 6.07) is 0. The van der Waals surface area contributed by atoms with Crippen LogP contribution in [0, 0.1) is 6.92 Å². The van der Waals surface area contributed by atoms with E-state index in [2.05, 4.69) is 19.8 Å². The molecule has 0 bridgehead atoms. The van der Waals surface area contributed by atoms with Crippen LogP contribution in [0.25, 0.3) is 0 Å². The maximum absolute atomic E-state index is 5.47. The summed E-state index contributed by atoms with van der Waals surface area (Å²) < 4.78 is 4.74. The van der Waals surface area contributed by atoms with Crippen LogP contribution in [0.15, 0.2) is 4.34 Å². The summed E-state index contributed by atoms with van der Waals surface area (Å²) in [7, 11) is 0. The van der Waals surface area contributed by atoms with Crippen molar-refractivity contribution in [3.05, 3.63) is 10.6 Å². The number of aryl methyl sites for hydroxylation is 1. The van der Waals surface area contributed by atoms with E-state index in [1.807, 2.05) is 6.92 Å². The zero-order chi connectivity index (χ0) is 9.97. The lowest BCUT2D eigenvalue weighted by Gasteiger charge is -1.92. The van der Waals surface area contributed by atoms with Gasteiger partial charge in [0, 0.05) is 5.75 Å². The summed E-state index contributed by atoms with van der Waals surface area (Å²) in [5.41, 5.74) is 6.45. The van der Waals surface area contributed by atoms with Crippen LogP contribution in [-0.2, 0) is 5.75 Å². The van der Waals surface area contributed by atoms with E-state index < -0.39 is 0 Å². The summed E-state index contributed by atoms with van der Waals surface area (Å²) >= 11 is 4.43. The Kier molecular flexibility index (Phi) is 2.94. The van der Waals surface area contributed by atoms with Crippen LogP contribution in [-0.4, -0.2) is 19.8 Å². The van der Waals surface area contributed by atoms with Gasteiger partial charge in [0.05, 0.1) is 10.6 Å². The summed E-state index contributed by atoms with van der Waals surface area (Å²) in [5.74, 6) is 0.831. The third-order valence-corrected chi connectivity index (χ3v) is 4.41. The Balaban J connectivity index is 1.98. The van der Waals surface area contributed by atoms with Crippen molar-refractivity contribution in [1.82, 2.24) is 19.8 Å². The Bertz CT molecular complexity index is 423. The molecule has 0 atom stereocenters. The van der Waals surface area contributed by atoms with E-state index in [9.17, 15) is 0 Å². The predicted molar refractivity (Wildman–Crippen MR) is 58.5 cm³/mol. The lowest BCUT2D eigenvalue weighted by molar-refractivity contribution is 1.02. The number of aromatic nitrogens is 4. The van der Waals surface area contributed by atoms with Crippen molar-refractivity contribution >= 4 is 39.8 Å². The number of nitrogens with two attached hydrogens (primary N) is 1. The van der Waals surface area contributed by atoms with Gasteiger partial charge >= 0.3 is 0 Å². The van der Waals surface area contributed by atoms with Gasteiger partial charge in [-0.05, 0) is 18.5 Å². The quantitative estimate of drug-likeness (QED) is 0.827. The molecule has 0 fully saturated rings. The van der Waals surface area contributed by atoms with Gasteiger partial charge in [-0.15, -0.1) is 15.3 Å². The average Bonchev–Trinajstić information content (AvgIpc) is 2.72. The Labute approximate surface area is 92.9 Å². The molecule has 0 aliphatic rings. The Morgan fingerprint density at radius 3 is 2.79 bits per heavy atom. The van der Waals surface area contributed by atoms with E-state index in [4.69, 9.17) is 5.73 Å². The summed E-state index contributed by atoms with van der Waals surface area (Å²) in [4.78, 5) is 1.17. The fourth-order valence-electron chi connectivity index (χ4n) is 0.790. The lowest BCUT2D eigenvalue weighted by Crippen LogP contribution is -1.80. The molecule has 2 heterocycles. The van der Waals surface area contributed by atoms with E-state index >= 15 is 0 Å². The van der Waals surface area contributed by atoms with Crippen molar-refractivity contribution in [2.45, 2.75) is 17.0 Å². The second-order valence-corrected chi connectivity index (χ2v) is 5.55. The van der Waals surface area contributed by atoms with E-state index in [1.165, 1.54) is 27.7 Å². The Morgan fingerprint density at radius 1 is 1.36 bits per heavy atom. The molecule has 2 aromatic heterocycles. The minimum absolute atomic E-state index is 0.506. The molecule has 0 saturated carbocycles. The molecule has 8 heteroatoms. The van der Waals surface area contributed by atoms with Crippen LogP contribution in [0.3, 0.4) is 0 Å². The average molecular weight is 245 g/mol. The van der Waals surface area contributed by atoms with Gasteiger partial charge in [-0.25, -0.2) is 0 Å². The predicted octanol–water partition coefficient (Wildman–Crippen LogP) is 1.57. The standard InChI is InChI=1S/C6H7N5S3/c1-3-4(14-11-8-3)2-12-6-10-9-5(7)13-6/h2H2,1H3,(H2,7,9). The van der Waals surface area contributed by atoms with Gasteiger partial charge in [-0.2, -0.15) is 0 Å². The zero-order valence-electron chi connectivity index (χ0n) is 7.30. The molecule has 2 N–H and O–H groups in total. The first-order valence-electron chi connectivity index (χ1n) is 3.75. The van der Waals surface area contributed by atoms with Gasteiger partial charge in [0.15, 0.2) is 4.34 Å². The third-order valence-electron chi connectivity index (χ3n) is 1.49. The van der Waals surface area contributed by atoms with Crippen LogP contribution < -0.4 is 5.73 Å². The molecule has 0 spiro atoms. The zero-order valence-corrected chi connectivity index (χ0v) is 9.75. The van der Waals surface area contributed by atoms with Gasteiger partial charge in [0.25, 0.3) is 0 Å². The maximum Gasteiger partial charge on any atom is 0.203 e. The van der Waals surface area contributed by atoms with Crippen LogP contribution in [0.1, 0.15) is 10.6 Å². The van der Waals surface area contributed by atoms with Crippen molar-refractivity contribution in [3.8, 4) is 0 Å². The highest BCUT2D eigenvalue weighted by Gasteiger charge is 2.06. The van der Waals surface area contributed by atoms with E-state index in [0.717, 1.165) is 15.8 Å². The number of rotatable bonds is 3. The highest BCUT2D eigenvalue weighted by molar-refractivity contribution is 8.00. The first-order chi connectivity index (χ1) is 6.75. The second kappa shape index (κ2) is 4.20. The number of hydrogen-bond acceptors (Lipinski definition) is 8. The minimum Gasteiger partial charge on any atom is -0.374 e. The minimum atomic E-state index is 0.506. The summed E-state index contributed by atoms with van der Waals surface area (Å²) in [6.45, 7) is 1.95. The van der Waals surface area contributed by atoms with E-state index in [-0.39, 0.29) is 0 Å². The molecule has 0 aliphatic carbocycles. The number of nitrogens with zero attached hydrogens (tertiary/aromatic N) is 4. The normalized spacial score (nSPS) is 10.6. The molecule has 0 unspecified atom stereocenters. The largest absolute Gasteiger partial charge is 0.374 e. The lowest BCUT2D eigenvalue weighted by atomic mass is 10.4. The molecule has 2 aromatic rings. The SMILES string of the molecule is Cc1nnsc1CSc1nnc(N)s1. The molecule has 5 nitrogen and oxygen atoms in total. The first kappa shape index (κ1) is 9.81. The Morgan fingerprint density at radius 2 is 2.21 bits per heavy atom. The van der Waals surface area contributed by atoms with Crippen LogP contribution in [0.5, 0.6) is 0 Å². The molecule has 0 aliphatic heterocycles. The van der Waals surface area contributed by atoms with Crippen LogP contribution in [0.4, 0.5) is 5.13 Å². The van der Waals surface area contributed by atoms with Crippen molar-refractivity contribution < 1.29 is 0 Å². The van der Waals surface area contributed by atoms with Crippen molar-refractivity contribution in [2.24, 2.45) is 0 Å². The van der Waals surface area contributed by atoms with Gasteiger partial charge in [-0.1, -0.05) is 27.6 Å². The van der Waals surface area contributed by atoms with Gasteiger partial charge in [-0.3, -0.25) is 0 Å². The number of nitrogen functional groups attached to an aromatic ring is 1. The van der Waals surface area contributed by atoms with E-state index in [1.54, 1.807) is 11.8 Å². The smallest absolute Gasteiger partial charge is 0.203 e. The van der Waals surface area contributed by atoms with Crippen molar-refractivity contribution in [3.63, 3.8) is 0 Å². The van der Waals surface area contributed by atoms with Crippen molar-refractivity contribution in [2.75, 3.05) is 5.73 Å². The van der Waals surface area contributed by atoms with E-state index in [0.29, 0.717) is 5.13 Å². The highest BCUT2D eigenvalue weighted by Crippen LogP contribution is 2.28. The number of anilines is 1. The molecule has 14 heavy (non-hydrogen) atoms. The molecule has 0 radical (unpaired) electrons. The molecule has 74 valence electrons. The number of hydrogen-bond donors (Lipinski definition) is 1. The topological polar surface area (TPSA) is 77.6 Å². The van der Waals surface area contributed by atoms with Gasteiger partial charge < -0.3 is 5.73 Å².